The molecule has 0 radical (unpaired) electrons. The molecule has 0 aliphatic rings. The molecule has 8 heteroatoms. The molecular weight excluding hydrogens is 319 g/mol. The lowest BCUT2D eigenvalue weighted by molar-refractivity contribution is 0.0955. The zero-order valence-electron chi connectivity index (χ0n) is 11.6. The minimum absolute atomic E-state index is 0.213. The summed E-state index contributed by atoms with van der Waals surface area (Å²) in [5, 5.41) is 3.21. The SMILES string of the molecule is Cc1ccc(C(=O)N/N=C/c2c(F)c(F)c(F)c(F)c2F)cc1. The van der Waals surface area contributed by atoms with Crippen molar-refractivity contribution in [3.8, 4) is 0 Å². The van der Waals surface area contributed by atoms with Gasteiger partial charge >= 0.3 is 0 Å². The number of benzene rings is 2. The summed E-state index contributed by atoms with van der Waals surface area (Å²) in [4.78, 5) is 11.7. The van der Waals surface area contributed by atoms with Crippen molar-refractivity contribution in [2.45, 2.75) is 6.92 Å². The summed E-state index contributed by atoms with van der Waals surface area (Å²) in [6, 6.07) is 6.28. The molecule has 0 heterocycles. The highest BCUT2D eigenvalue weighted by Crippen LogP contribution is 2.21. The van der Waals surface area contributed by atoms with Crippen molar-refractivity contribution in [2.75, 3.05) is 0 Å². The van der Waals surface area contributed by atoms with Gasteiger partial charge < -0.3 is 0 Å². The first kappa shape index (κ1) is 16.6. The van der Waals surface area contributed by atoms with Gasteiger partial charge in [-0.15, -0.1) is 0 Å². The first-order valence-electron chi connectivity index (χ1n) is 6.24. The Morgan fingerprint density at radius 1 is 0.913 bits per heavy atom. The molecular formula is C15H9F5N2O. The molecule has 0 saturated carbocycles. The Labute approximate surface area is 127 Å². The molecule has 2 aromatic rings. The summed E-state index contributed by atoms with van der Waals surface area (Å²) >= 11 is 0. The number of carbonyl (C=O) groups is 1. The third-order valence-corrected chi connectivity index (χ3v) is 2.92. The highest BCUT2D eigenvalue weighted by atomic mass is 19.2. The van der Waals surface area contributed by atoms with Gasteiger partial charge in [-0.05, 0) is 19.1 Å². The third-order valence-electron chi connectivity index (χ3n) is 2.92. The summed E-state index contributed by atoms with van der Waals surface area (Å²) in [5.41, 5.74) is 1.81. The number of nitrogens with zero attached hydrogens (tertiary/aromatic N) is 1. The first-order chi connectivity index (χ1) is 10.8. The van der Waals surface area contributed by atoms with E-state index in [1.807, 2.05) is 12.3 Å². The molecule has 0 atom stereocenters. The van der Waals surface area contributed by atoms with Gasteiger partial charge in [-0.1, -0.05) is 17.7 Å². The second-order valence-electron chi connectivity index (χ2n) is 4.55. The molecule has 0 bridgehead atoms. The predicted octanol–water partition coefficient (Wildman–Crippen LogP) is 3.45. The molecule has 0 saturated heterocycles. The van der Waals surface area contributed by atoms with Crippen molar-refractivity contribution in [1.82, 2.24) is 5.43 Å². The van der Waals surface area contributed by atoms with Crippen LogP contribution in [0.5, 0.6) is 0 Å². The fraction of sp³-hybridized carbons (Fsp3) is 0.0667. The van der Waals surface area contributed by atoms with E-state index >= 15 is 0 Å². The van der Waals surface area contributed by atoms with Crippen molar-refractivity contribution in [3.63, 3.8) is 0 Å². The number of nitrogens with one attached hydrogen (secondary N) is 1. The van der Waals surface area contributed by atoms with Gasteiger partial charge in [0, 0.05) is 5.56 Å². The Morgan fingerprint density at radius 2 is 1.39 bits per heavy atom. The van der Waals surface area contributed by atoms with Gasteiger partial charge in [0.2, 0.25) is 5.82 Å². The summed E-state index contributed by atoms with van der Waals surface area (Å²) in [6.07, 6.45) is 0.350. The Balaban J connectivity index is 2.21. The highest BCUT2D eigenvalue weighted by molar-refractivity contribution is 5.94. The number of hydrazone groups is 1. The summed E-state index contributed by atoms with van der Waals surface area (Å²) < 4.78 is 65.6. The first-order valence-corrected chi connectivity index (χ1v) is 6.24. The molecule has 0 aromatic heterocycles. The van der Waals surface area contributed by atoms with E-state index < -0.39 is 40.6 Å². The molecule has 2 rings (SSSR count). The average molecular weight is 328 g/mol. The van der Waals surface area contributed by atoms with Gasteiger partial charge in [0.25, 0.3) is 5.91 Å². The lowest BCUT2D eigenvalue weighted by Crippen LogP contribution is -2.18. The van der Waals surface area contributed by atoms with Crippen LogP contribution in [0.15, 0.2) is 29.4 Å². The molecule has 0 fully saturated rings. The van der Waals surface area contributed by atoms with E-state index in [1.165, 1.54) is 12.1 Å². The van der Waals surface area contributed by atoms with E-state index in [0.29, 0.717) is 6.21 Å². The molecule has 2 aromatic carbocycles. The van der Waals surface area contributed by atoms with Gasteiger partial charge in [0.1, 0.15) is 0 Å². The lowest BCUT2D eigenvalue weighted by atomic mass is 10.1. The average Bonchev–Trinajstić information content (AvgIpc) is 2.54. The number of amides is 1. The second kappa shape index (κ2) is 6.55. The lowest BCUT2D eigenvalue weighted by Gasteiger charge is -2.04. The Morgan fingerprint density at radius 3 is 1.91 bits per heavy atom. The Kier molecular flexibility index (Phi) is 4.73. The van der Waals surface area contributed by atoms with Crippen LogP contribution >= 0.6 is 0 Å². The second-order valence-corrected chi connectivity index (χ2v) is 4.55. The smallest absolute Gasteiger partial charge is 0.267 e. The maximum absolute atomic E-state index is 13.4. The largest absolute Gasteiger partial charge is 0.271 e. The van der Waals surface area contributed by atoms with E-state index in [2.05, 4.69) is 5.10 Å². The number of aryl methyl sites for hydroxylation is 1. The van der Waals surface area contributed by atoms with Gasteiger partial charge in [-0.3, -0.25) is 4.79 Å². The summed E-state index contributed by atoms with van der Waals surface area (Å²) in [5.74, 6) is -11.2. The topological polar surface area (TPSA) is 41.5 Å². The molecule has 1 N–H and O–H groups in total. The van der Waals surface area contributed by atoms with Crippen LogP contribution < -0.4 is 5.43 Å². The van der Waals surface area contributed by atoms with Gasteiger partial charge in [-0.25, -0.2) is 27.4 Å². The van der Waals surface area contributed by atoms with E-state index in [-0.39, 0.29) is 5.56 Å². The highest BCUT2D eigenvalue weighted by Gasteiger charge is 2.24. The standard InChI is InChI=1S/C15H9F5N2O/c1-7-2-4-8(5-3-7)15(23)22-21-6-9-10(16)12(18)14(20)13(19)11(9)17/h2-6H,1H3,(H,22,23)/b21-6+. The molecule has 0 spiro atoms. The summed E-state index contributed by atoms with van der Waals surface area (Å²) in [6.45, 7) is 1.81. The van der Waals surface area contributed by atoms with Crippen molar-refractivity contribution in [3.05, 3.63) is 70.0 Å². The maximum atomic E-state index is 13.4. The van der Waals surface area contributed by atoms with Crippen LogP contribution in [0.3, 0.4) is 0 Å². The number of hydrogen-bond donors (Lipinski definition) is 1. The van der Waals surface area contributed by atoms with E-state index in [9.17, 15) is 26.7 Å². The summed E-state index contributed by atoms with van der Waals surface area (Å²) in [7, 11) is 0. The zero-order valence-corrected chi connectivity index (χ0v) is 11.6. The van der Waals surface area contributed by atoms with Crippen molar-refractivity contribution >= 4 is 12.1 Å². The molecule has 120 valence electrons. The predicted molar refractivity (Wildman–Crippen MR) is 72.5 cm³/mol. The van der Waals surface area contributed by atoms with Crippen LogP contribution in [-0.4, -0.2) is 12.1 Å². The van der Waals surface area contributed by atoms with Gasteiger partial charge in [0.05, 0.1) is 11.8 Å². The van der Waals surface area contributed by atoms with E-state index in [0.717, 1.165) is 5.56 Å². The number of hydrogen-bond acceptors (Lipinski definition) is 2. The minimum Gasteiger partial charge on any atom is -0.267 e. The van der Waals surface area contributed by atoms with Crippen LogP contribution in [0.4, 0.5) is 22.0 Å². The minimum atomic E-state index is -2.26. The van der Waals surface area contributed by atoms with E-state index in [1.54, 1.807) is 12.1 Å². The number of rotatable bonds is 3. The van der Waals surface area contributed by atoms with Crippen LogP contribution in [0.1, 0.15) is 21.5 Å². The number of carbonyl (C=O) groups excluding carboxylic acids is 1. The Hall–Kier alpha value is -2.77. The molecule has 23 heavy (non-hydrogen) atoms. The zero-order chi connectivity index (χ0) is 17.1. The van der Waals surface area contributed by atoms with Crippen molar-refractivity contribution < 1.29 is 26.7 Å². The number of halogens is 5. The fourth-order valence-electron chi connectivity index (χ4n) is 1.66. The maximum Gasteiger partial charge on any atom is 0.271 e. The fourth-order valence-corrected chi connectivity index (χ4v) is 1.66. The van der Waals surface area contributed by atoms with Crippen LogP contribution in [-0.2, 0) is 0 Å². The molecule has 0 unspecified atom stereocenters. The molecule has 0 aliphatic heterocycles. The molecule has 1 amide bonds. The molecule has 0 aliphatic carbocycles. The normalized spacial score (nSPS) is 11.0. The molecule has 3 nitrogen and oxygen atoms in total. The van der Waals surface area contributed by atoms with Crippen LogP contribution in [0.2, 0.25) is 0 Å². The van der Waals surface area contributed by atoms with Gasteiger partial charge in [-0.2, -0.15) is 5.10 Å². The van der Waals surface area contributed by atoms with E-state index in [4.69, 9.17) is 0 Å². The third kappa shape index (κ3) is 3.36. The van der Waals surface area contributed by atoms with Crippen LogP contribution in [0.25, 0.3) is 0 Å². The quantitative estimate of drug-likeness (QED) is 0.303. The van der Waals surface area contributed by atoms with Crippen LogP contribution in [0, 0.1) is 36.0 Å². The van der Waals surface area contributed by atoms with Crippen molar-refractivity contribution in [1.29, 1.82) is 0 Å². The van der Waals surface area contributed by atoms with Gasteiger partial charge in [0.15, 0.2) is 23.3 Å². The Bertz CT molecular complexity index is 758. The monoisotopic (exact) mass is 328 g/mol. The van der Waals surface area contributed by atoms with Crippen molar-refractivity contribution in [2.24, 2.45) is 5.10 Å².